The van der Waals surface area contributed by atoms with Gasteiger partial charge in [-0.1, -0.05) is 62.8 Å². The van der Waals surface area contributed by atoms with Gasteiger partial charge in [-0.25, -0.2) is 4.79 Å². The molecule has 0 saturated carbocycles. The molecule has 0 aliphatic heterocycles. The van der Waals surface area contributed by atoms with Crippen LogP contribution in [0.15, 0.2) is 47.6 Å². The van der Waals surface area contributed by atoms with Crippen molar-refractivity contribution < 1.29 is 9.53 Å². The normalized spacial score (nSPS) is 12.8. The summed E-state index contributed by atoms with van der Waals surface area (Å²) in [6.45, 7) is 8.90. The molecule has 2 N–H and O–H groups in total. The summed E-state index contributed by atoms with van der Waals surface area (Å²) in [7, 11) is 1.64. The molecule has 29 heavy (non-hydrogen) atoms. The lowest BCUT2D eigenvalue weighted by atomic mass is 9.96. The molecule has 0 fully saturated rings. The van der Waals surface area contributed by atoms with Crippen LogP contribution in [0.5, 0.6) is 0 Å². The van der Waals surface area contributed by atoms with Crippen molar-refractivity contribution in [3.05, 3.63) is 47.6 Å². The molecular formula is C25H44N2O2. The number of allylic oxidation sites excluding steroid dienone is 7. The Balaban J connectivity index is 4.29. The van der Waals surface area contributed by atoms with Gasteiger partial charge in [0.2, 0.25) is 0 Å². The van der Waals surface area contributed by atoms with E-state index in [4.69, 9.17) is 4.74 Å². The van der Waals surface area contributed by atoms with Crippen molar-refractivity contribution >= 4 is 6.03 Å². The fraction of sp³-hybridized carbons (Fsp3) is 0.640. The summed E-state index contributed by atoms with van der Waals surface area (Å²) >= 11 is 0. The monoisotopic (exact) mass is 404 g/mol. The van der Waals surface area contributed by atoms with Crippen LogP contribution in [0.25, 0.3) is 0 Å². The van der Waals surface area contributed by atoms with Crippen LogP contribution in [0, 0.1) is 0 Å². The largest absolute Gasteiger partial charge is 0.381 e. The van der Waals surface area contributed by atoms with E-state index in [0.29, 0.717) is 0 Å². The Labute approximate surface area is 179 Å². The fourth-order valence-corrected chi connectivity index (χ4v) is 2.96. The first-order chi connectivity index (χ1) is 14.2. The van der Waals surface area contributed by atoms with Gasteiger partial charge in [-0.2, -0.15) is 0 Å². The van der Waals surface area contributed by atoms with Crippen molar-refractivity contribution in [2.75, 3.05) is 26.8 Å². The van der Waals surface area contributed by atoms with Crippen molar-refractivity contribution in [1.29, 1.82) is 0 Å². The lowest BCUT2D eigenvalue weighted by Gasteiger charge is -2.12. The zero-order valence-electron chi connectivity index (χ0n) is 19.3. The highest BCUT2D eigenvalue weighted by atomic mass is 16.5. The predicted octanol–water partition coefficient (Wildman–Crippen LogP) is 6.47. The number of hydrogen-bond acceptors (Lipinski definition) is 2. The van der Waals surface area contributed by atoms with Gasteiger partial charge in [0.15, 0.2) is 0 Å². The van der Waals surface area contributed by atoms with Gasteiger partial charge in [0.25, 0.3) is 0 Å². The SMILES string of the molecule is CC/C=C\C=C/CCOCCC/C(CC)=C(/C=C\CC)CCCCNC(=O)NC. The van der Waals surface area contributed by atoms with Gasteiger partial charge in [-0.05, 0) is 63.4 Å². The lowest BCUT2D eigenvalue weighted by molar-refractivity contribution is 0.136. The topological polar surface area (TPSA) is 50.4 Å². The Morgan fingerprint density at radius 2 is 1.66 bits per heavy atom. The Bertz CT molecular complexity index is 519. The maximum absolute atomic E-state index is 11.2. The van der Waals surface area contributed by atoms with Crippen molar-refractivity contribution in [1.82, 2.24) is 10.6 Å². The van der Waals surface area contributed by atoms with Crippen molar-refractivity contribution in [3.8, 4) is 0 Å². The Morgan fingerprint density at radius 3 is 2.34 bits per heavy atom. The summed E-state index contributed by atoms with van der Waals surface area (Å²) in [6, 6.07) is -0.103. The molecule has 0 saturated heterocycles. The van der Waals surface area contributed by atoms with Gasteiger partial charge in [-0.15, -0.1) is 0 Å². The van der Waals surface area contributed by atoms with E-state index in [9.17, 15) is 4.79 Å². The number of nitrogens with one attached hydrogen (secondary N) is 2. The molecule has 0 radical (unpaired) electrons. The van der Waals surface area contributed by atoms with Crippen LogP contribution in [-0.2, 0) is 4.74 Å². The minimum atomic E-state index is -0.103. The van der Waals surface area contributed by atoms with Crippen molar-refractivity contribution in [3.63, 3.8) is 0 Å². The highest BCUT2D eigenvalue weighted by Crippen LogP contribution is 2.21. The summed E-state index contributed by atoms with van der Waals surface area (Å²) in [4.78, 5) is 11.2. The first kappa shape index (κ1) is 27.2. The summed E-state index contributed by atoms with van der Waals surface area (Å²) in [5.74, 6) is 0. The highest BCUT2D eigenvalue weighted by Gasteiger charge is 2.04. The van der Waals surface area contributed by atoms with Crippen LogP contribution in [0.1, 0.15) is 78.6 Å². The summed E-state index contributed by atoms with van der Waals surface area (Å²) in [5, 5.41) is 5.44. The summed E-state index contributed by atoms with van der Waals surface area (Å²) in [5.41, 5.74) is 3.02. The smallest absolute Gasteiger partial charge is 0.314 e. The van der Waals surface area contributed by atoms with Crippen LogP contribution in [0.4, 0.5) is 4.79 Å². The van der Waals surface area contributed by atoms with E-state index >= 15 is 0 Å². The van der Waals surface area contributed by atoms with E-state index in [2.05, 4.69) is 67.9 Å². The van der Waals surface area contributed by atoms with Crippen LogP contribution in [-0.4, -0.2) is 32.8 Å². The van der Waals surface area contributed by atoms with Gasteiger partial charge in [0.05, 0.1) is 6.61 Å². The number of amides is 2. The van der Waals surface area contributed by atoms with Gasteiger partial charge >= 0.3 is 6.03 Å². The molecule has 0 aliphatic carbocycles. The molecular weight excluding hydrogens is 360 g/mol. The highest BCUT2D eigenvalue weighted by molar-refractivity contribution is 5.73. The third kappa shape index (κ3) is 16.8. The van der Waals surface area contributed by atoms with Crippen molar-refractivity contribution in [2.24, 2.45) is 0 Å². The number of carbonyl (C=O) groups is 1. The first-order valence-electron chi connectivity index (χ1n) is 11.4. The number of ether oxygens (including phenoxy) is 1. The molecule has 0 unspecified atom stereocenters. The maximum atomic E-state index is 11.2. The molecule has 4 nitrogen and oxygen atoms in total. The quantitative estimate of drug-likeness (QED) is 0.216. The van der Waals surface area contributed by atoms with Gasteiger partial charge in [0.1, 0.15) is 0 Å². The molecule has 0 aliphatic rings. The molecule has 2 amide bonds. The standard InChI is InChI=1S/C25H44N2O2/c1-5-8-10-11-12-15-21-29-22-16-19-23(7-3)24(17-9-6-2)18-13-14-20-27-25(28)26-4/h8-12,17H,5-7,13-16,18-22H2,1-4H3,(H2,26,27,28)/b10-8-,12-11-,17-9-,24-23-. The average Bonchev–Trinajstić information content (AvgIpc) is 2.74. The van der Waals surface area contributed by atoms with E-state index in [0.717, 1.165) is 77.5 Å². The lowest BCUT2D eigenvalue weighted by Crippen LogP contribution is -2.33. The van der Waals surface area contributed by atoms with Crippen LogP contribution >= 0.6 is 0 Å². The zero-order chi connectivity index (χ0) is 21.6. The number of unbranched alkanes of at least 4 members (excludes halogenated alkanes) is 1. The average molecular weight is 405 g/mol. The molecule has 0 aromatic carbocycles. The molecule has 0 heterocycles. The van der Waals surface area contributed by atoms with E-state index < -0.39 is 0 Å². The molecule has 0 bridgehead atoms. The Morgan fingerprint density at radius 1 is 0.897 bits per heavy atom. The number of carbonyl (C=O) groups excluding carboxylic acids is 1. The summed E-state index contributed by atoms with van der Waals surface area (Å²) < 4.78 is 5.78. The second kappa shape index (κ2) is 20.9. The third-order valence-electron chi connectivity index (χ3n) is 4.64. The maximum Gasteiger partial charge on any atom is 0.314 e. The minimum absolute atomic E-state index is 0.103. The summed E-state index contributed by atoms with van der Waals surface area (Å²) in [6.07, 6.45) is 22.6. The second-order valence-electron chi connectivity index (χ2n) is 7.03. The van der Waals surface area contributed by atoms with Crippen LogP contribution < -0.4 is 10.6 Å². The van der Waals surface area contributed by atoms with Gasteiger partial charge < -0.3 is 15.4 Å². The van der Waals surface area contributed by atoms with Gasteiger partial charge in [-0.3, -0.25) is 0 Å². The van der Waals surface area contributed by atoms with Crippen LogP contribution in [0.2, 0.25) is 0 Å². The number of hydrogen-bond donors (Lipinski definition) is 2. The van der Waals surface area contributed by atoms with Crippen LogP contribution in [0.3, 0.4) is 0 Å². The van der Waals surface area contributed by atoms with E-state index in [1.54, 1.807) is 12.6 Å². The molecule has 4 heteroatoms. The molecule has 0 rings (SSSR count). The Hall–Kier alpha value is -1.81. The molecule has 166 valence electrons. The molecule has 0 aromatic rings. The third-order valence-corrected chi connectivity index (χ3v) is 4.64. The first-order valence-corrected chi connectivity index (χ1v) is 11.4. The number of urea groups is 1. The zero-order valence-corrected chi connectivity index (χ0v) is 19.3. The minimum Gasteiger partial charge on any atom is -0.381 e. The fourth-order valence-electron chi connectivity index (χ4n) is 2.96. The second-order valence-corrected chi connectivity index (χ2v) is 7.03. The van der Waals surface area contributed by atoms with Crippen molar-refractivity contribution in [2.45, 2.75) is 78.6 Å². The molecule has 0 spiro atoms. The predicted molar refractivity (Wildman–Crippen MR) is 126 cm³/mol. The molecule has 0 aromatic heterocycles. The van der Waals surface area contributed by atoms with E-state index in [1.165, 1.54) is 5.57 Å². The Kier molecular flexibility index (Phi) is 19.6. The van der Waals surface area contributed by atoms with Gasteiger partial charge in [0, 0.05) is 20.2 Å². The molecule has 0 atom stereocenters. The van der Waals surface area contributed by atoms with E-state index in [1.807, 2.05) is 0 Å². The van der Waals surface area contributed by atoms with E-state index in [-0.39, 0.29) is 6.03 Å². The number of rotatable bonds is 17.